The summed E-state index contributed by atoms with van der Waals surface area (Å²) in [5.41, 5.74) is -1.51. The largest absolute Gasteiger partial charge is 0.478 e. The molecular weight excluding hydrogens is 331 g/mol. The first-order chi connectivity index (χ1) is 10.7. The molecule has 0 unspecified atom stereocenters. The third-order valence-electron chi connectivity index (χ3n) is 2.83. The zero-order valence-corrected chi connectivity index (χ0v) is 12.1. The number of para-hydroxylation sites is 1. The highest BCUT2D eigenvalue weighted by molar-refractivity contribution is 7.92. The molecule has 0 fully saturated rings. The Morgan fingerprint density at radius 3 is 2.48 bits per heavy atom. The van der Waals surface area contributed by atoms with Crippen molar-refractivity contribution in [3.8, 4) is 0 Å². The first kappa shape index (κ1) is 16.4. The van der Waals surface area contributed by atoms with Crippen LogP contribution in [0, 0.1) is 15.9 Å². The summed E-state index contributed by atoms with van der Waals surface area (Å²) in [6.45, 7) is 0. The van der Waals surface area contributed by atoms with E-state index in [0.29, 0.717) is 12.1 Å². The number of carbonyl (C=O) groups is 1. The molecule has 0 bridgehead atoms. The maximum Gasteiger partial charge on any atom is 0.337 e. The smallest absolute Gasteiger partial charge is 0.337 e. The molecule has 10 heteroatoms. The number of halogens is 1. The van der Waals surface area contributed by atoms with E-state index >= 15 is 0 Å². The van der Waals surface area contributed by atoms with Gasteiger partial charge >= 0.3 is 11.7 Å². The minimum atomic E-state index is -4.33. The molecule has 0 atom stereocenters. The van der Waals surface area contributed by atoms with E-state index in [0.717, 1.165) is 6.07 Å². The monoisotopic (exact) mass is 340 g/mol. The van der Waals surface area contributed by atoms with Crippen LogP contribution >= 0.6 is 0 Å². The van der Waals surface area contributed by atoms with Gasteiger partial charge in [-0.05, 0) is 24.3 Å². The number of nitrogens with zero attached hydrogens (tertiary/aromatic N) is 1. The summed E-state index contributed by atoms with van der Waals surface area (Å²) in [5, 5.41) is 19.7. The molecule has 0 aliphatic heterocycles. The van der Waals surface area contributed by atoms with Gasteiger partial charge in [0, 0.05) is 6.07 Å². The SMILES string of the molecule is O=C(O)c1ccccc1NS(=O)(=O)c1ccc(F)c([N+](=O)[O-])c1. The summed E-state index contributed by atoms with van der Waals surface area (Å²) < 4.78 is 39.7. The van der Waals surface area contributed by atoms with Gasteiger partial charge < -0.3 is 5.11 Å². The number of sulfonamides is 1. The van der Waals surface area contributed by atoms with Gasteiger partial charge in [0.25, 0.3) is 10.0 Å². The third-order valence-corrected chi connectivity index (χ3v) is 4.19. The standard InChI is InChI=1S/C13H9FN2O6S/c14-10-6-5-8(7-12(10)16(19)20)23(21,22)15-11-4-2-1-3-9(11)13(17)18/h1-7,15H,(H,17,18). The van der Waals surface area contributed by atoms with Crippen LogP contribution in [0.3, 0.4) is 0 Å². The number of aromatic carboxylic acids is 1. The van der Waals surface area contributed by atoms with E-state index in [9.17, 15) is 27.7 Å². The van der Waals surface area contributed by atoms with Gasteiger partial charge in [-0.15, -0.1) is 0 Å². The van der Waals surface area contributed by atoms with Crippen molar-refractivity contribution in [2.45, 2.75) is 4.90 Å². The Hall–Kier alpha value is -3.01. The number of rotatable bonds is 5. The second-order valence-corrected chi connectivity index (χ2v) is 6.01. The summed E-state index contributed by atoms with van der Waals surface area (Å²) in [6, 6.07) is 7.28. The molecule has 0 spiro atoms. The van der Waals surface area contributed by atoms with Crippen LogP contribution in [0.4, 0.5) is 15.8 Å². The number of anilines is 1. The van der Waals surface area contributed by atoms with Crippen LogP contribution < -0.4 is 4.72 Å². The molecule has 0 saturated carbocycles. The summed E-state index contributed by atoms with van der Waals surface area (Å²) in [6.07, 6.45) is 0. The lowest BCUT2D eigenvalue weighted by molar-refractivity contribution is -0.387. The predicted molar refractivity (Wildman–Crippen MR) is 77.3 cm³/mol. The van der Waals surface area contributed by atoms with Gasteiger partial charge in [0.2, 0.25) is 5.82 Å². The van der Waals surface area contributed by atoms with Gasteiger partial charge in [0.15, 0.2) is 0 Å². The number of hydrogen-bond donors (Lipinski definition) is 2. The molecule has 2 aromatic rings. The quantitative estimate of drug-likeness (QED) is 0.635. The molecule has 8 nitrogen and oxygen atoms in total. The number of hydrogen-bond acceptors (Lipinski definition) is 5. The minimum absolute atomic E-state index is 0.216. The molecule has 0 radical (unpaired) electrons. The predicted octanol–water partition coefficient (Wildman–Crippen LogP) is 2.23. The van der Waals surface area contributed by atoms with Crippen LogP contribution in [0.5, 0.6) is 0 Å². The van der Waals surface area contributed by atoms with Crippen molar-refractivity contribution in [3.05, 3.63) is 64.0 Å². The first-order valence-electron chi connectivity index (χ1n) is 6.01. The van der Waals surface area contributed by atoms with Crippen molar-refractivity contribution in [2.24, 2.45) is 0 Å². The zero-order valence-electron chi connectivity index (χ0n) is 11.3. The number of carboxylic acid groups (broad SMARTS) is 1. The topological polar surface area (TPSA) is 127 Å². The molecule has 0 saturated heterocycles. The van der Waals surface area contributed by atoms with E-state index in [2.05, 4.69) is 0 Å². The van der Waals surface area contributed by atoms with Gasteiger partial charge in [-0.3, -0.25) is 14.8 Å². The Kier molecular flexibility index (Phi) is 4.27. The number of nitro groups is 1. The van der Waals surface area contributed by atoms with Crippen molar-refractivity contribution in [1.29, 1.82) is 0 Å². The number of nitro benzene ring substituents is 1. The van der Waals surface area contributed by atoms with Crippen molar-refractivity contribution >= 4 is 27.4 Å². The van der Waals surface area contributed by atoms with Gasteiger partial charge in [-0.1, -0.05) is 12.1 Å². The second kappa shape index (κ2) is 6.01. The molecular formula is C13H9FN2O6S. The Balaban J connectivity index is 2.47. The highest BCUT2D eigenvalue weighted by Gasteiger charge is 2.23. The van der Waals surface area contributed by atoms with Crippen molar-refractivity contribution < 1.29 is 27.6 Å². The van der Waals surface area contributed by atoms with Gasteiger partial charge in [0.1, 0.15) is 0 Å². The summed E-state index contributed by atoms with van der Waals surface area (Å²) in [5.74, 6) is -2.53. The van der Waals surface area contributed by atoms with Crippen LogP contribution in [-0.4, -0.2) is 24.4 Å². The Bertz CT molecular complexity index is 897. The van der Waals surface area contributed by atoms with Crippen LogP contribution in [0.25, 0.3) is 0 Å². The van der Waals surface area contributed by atoms with Crippen molar-refractivity contribution in [1.82, 2.24) is 0 Å². The normalized spacial score (nSPS) is 11.0. The fourth-order valence-electron chi connectivity index (χ4n) is 1.76. The molecule has 0 aromatic heterocycles. The Labute approximate surface area is 129 Å². The fraction of sp³-hybridized carbons (Fsp3) is 0. The van der Waals surface area contributed by atoms with Gasteiger partial charge in [0.05, 0.1) is 21.1 Å². The van der Waals surface area contributed by atoms with Crippen molar-refractivity contribution in [3.63, 3.8) is 0 Å². The zero-order chi connectivity index (χ0) is 17.2. The third kappa shape index (κ3) is 3.43. The van der Waals surface area contributed by atoms with E-state index in [-0.39, 0.29) is 11.3 Å². The van der Waals surface area contributed by atoms with Gasteiger partial charge in [-0.25, -0.2) is 13.2 Å². The second-order valence-electron chi connectivity index (χ2n) is 4.33. The van der Waals surface area contributed by atoms with Crippen LogP contribution in [-0.2, 0) is 10.0 Å². The lowest BCUT2D eigenvalue weighted by atomic mass is 10.2. The molecule has 2 rings (SSSR count). The Morgan fingerprint density at radius 2 is 1.87 bits per heavy atom. The van der Waals surface area contributed by atoms with Crippen molar-refractivity contribution in [2.75, 3.05) is 4.72 Å². The lowest BCUT2D eigenvalue weighted by Crippen LogP contribution is -2.16. The van der Waals surface area contributed by atoms with Crippen LogP contribution in [0.1, 0.15) is 10.4 Å². The molecule has 0 aliphatic rings. The average Bonchev–Trinajstić information content (AvgIpc) is 2.47. The number of carboxylic acids is 1. The maximum absolute atomic E-state index is 13.3. The molecule has 2 N–H and O–H groups in total. The fourth-order valence-corrected chi connectivity index (χ4v) is 2.86. The van der Waals surface area contributed by atoms with E-state index in [1.807, 2.05) is 4.72 Å². The molecule has 120 valence electrons. The maximum atomic E-state index is 13.3. The van der Waals surface area contributed by atoms with E-state index in [4.69, 9.17) is 5.11 Å². The van der Waals surface area contributed by atoms with E-state index in [1.165, 1.54) is 24.3 Å². The summed E-state index contributed by atoms with van der Waals surface area (Å²) in [7, 11) is -4.33. The highest BCUT2D eigenvalue weighted by Crippen LogP contribution is 2.24. The van der Waals surface area contributed by atoms with Crippen LogP contribution in [0.2, 0.25) is 0 Å². The van der Waals surface area contributed by atoms with E-state index in [1.54, 1.807) is 0 Å². The average molecular weight is 340 g/mol. The molecule has 2 aromatic carbocycles. The molecule has 0 heterocycles. The molecule has 23 heavy (non-hydrogen) atoms. The number of benzene rings is 2. The summed E-state index contributed by atoms with van der Waals surface area (Å²) in [4.78, 5) is 20.1. The molecule has 0 aliphatic carbocycles. The van der Waals surface area contributed by atoms with Crippen LogP contribution in [0.15, 0.2) is 47.4 Å². The Morgan fingerprint density at radius 1 is 1.22 bits per heavy atom. The van der Waals surface area contributed by atoms with Gasteiger partial charge in [-0.2, -0.15) is 4.39 Å². The highest BCUT2D eigenvalue weighted by atomic mass is 32.2. The number of nitrogens with one attached hydrogen (secondary N) is 1. The first-order valence-corrected chi connectivity index (χ1v) is 7.50. The minimum Gasteiger partial charge on any atom is -0.478 e. The lowest BCUT2D eigenvalue weighted by Gasteiger charge is -2.10. The summed E-state index contributed by atoms with van der Waals surface area (Å²) >= 11 is 0. The van der Waals surface area contributed by atoms with E-state index < -0.39 is 37.3 Å². The molecule has 0 amide bonds.